The maximum absolute atomic E-state index is 8.55. The summed E-state index contributed by atoms with van der Waals surface area (Å²) in [6.07, 6.45) is 10.8. The van der Waals surface area contributed by atoms with Crippen molar-refractivity contribution in [3.63, 3.8) is 0 Å². The summed E-state index contributed by atoms with van der Waals surface area (Å²) >= 11 is 7.27. The Labute approximate surface area is 283 Å². The van der Waals surface area contributed by atoms with Crippen LogP contribution in [0.1, 0.15) is 104 Å². The molecule has 0 saturated carbocycles. The van der Waals surface area contributed by atoms with Crippen LogP contribution in [0.15, 0.2) is 29.1 Å². The van der Waals surface area contributed by atoms with E-state index >= 15 is 0 Å². The van der Waals surface area contributed by atoms with Crippen LogP contribution in [0.3, 0.4) is 0 Å². The summed E-state index contributed by atoms with van der Waals surface area (Å²) < 4.78 is 25.9. The maximum Gasteiger partial charge on any atom is 0.210 e. The van der Waals surface area contributed by atoms with Gasteiger partial charge in [0.25, 0.3) is 0 Å². The molecule has 1 aromatic heterocycles. The van der Waals surface area contributed by atoms with Crippen molar-refractivity contribution in [2.24, 2.45) is 0 Å². The van der Waals surface area contributed by atoms with Crippen molar-refractivity contribution in [2.75, 3.05) is 33.2 Å². The molecule has 3 heterocycles. The van der Waals surface area contributed by atoms with Crippen molar-refractivity contribution in [1.82, 2.24) is 31.2 Å². The van der Waals surface area contributed by atoms with Crippen molar-refractivity contribution in [3.8, 4) is 0 Å². The SMILES string of the molecule is CC.CC.CC1=C(CCCCO)NCN1.[2H]B(C)S.[2H]B(C)S.[3H]OCCCCC1=C(C)NCN1.[3H]OCCCCc1nc[nH]c1C. The van der Waals surface area contributed by atoms with Crippen LogP contribution in [0.2, 0.25) is 13.6 Å². The van der Waals surface area contributed by atoms with Gasteiger partial charge in [-0.05, 0) is 81.2 Å². The molecule has 0 atom stereocenters. The normalized spacial score (nSPS) is 13.3. The molecular formula is C30H68B2N6O3S2. The van der Waals surface area contributed by atoms with Gasteiger partial charge in [-0.3, -0.25) is 0 Å². The second kappa shape index (κ2) is 40.6. The third-order valence-corrected chi connectivity index (χ3v) is 5.61. The van der Waals surface area contributed by atoms with E-state index in [-0.39, 0.29) is 13.0 Å². The molecule has 0 unspecified atom stereocenters. The van der Waals surface area contributed by atoms with E-state index in [1.54, 1.807) is 20.0 Å². The second-order valence-electron chi connectivity index (χ2n) is 8.76. The molecule has 2 aliphatic heterocycles. The van der Waals surface area contributed by atoms with Gasteiger partial charge in [-0.15, -0.1) is 0 Å². The van der Waals surface area contributed by atoms with Crippen LogP contribution in [0.5, 0.6) is 0 Å². The molecule has 0 fully saturated rings. The van der Waals surface area contributed by atoms with E-state index in [1.165, 1.54) is 22.8 Å². The van der Waals surface area contributed by atoms with E-state index in [0.717, 1.165) is 82.5 Å². The van der Waals surface area contributed by atoms with Crippen LogP contribution < -0.4 is 21.3 Å². The number of aliphatic hydroxyl groups excluding tert-OH is 3. The zero-order valence-corrected chi connectivity index (χ0v) is 30.5. The van der Waals surface area contributed by atoms with Gasteiger partial charge in [0, 0.05) is 48.3 Å². The molecule has 8 N–H and O–H groups in total. The standard InChI is InChI=1S/2C8H16N2O.C8H14N2O.2C2H6.2CH5BS/c3*1-7-8(10-6-9-7)4-2-3-5-11;2*1-2;2*1-2-3/h2*9-11H,2-6H2,1H3;6,11H,2-5H2,1H3,(H,9,10);2*1-2H3;2*2-3H,1H3/i11T;;11T;;;2*2D. The Hall–Kier alpha value is -1.40. The minimum absolute atomic E-state index is 0.222. The number of aromatic nitrogens is 2. The molecular weight excluding hydrogens is 578 g/mol. The van der Waals surface area contributed by atoms with E-state index in [9.17, 15) is 0 Å². The summed E-state index contributed by atoms with van der Waals surface area (Å²) in [4.78, 5) is 7.20. The van der Waals surface area contributed by atoms with Crippen LogP contribution in [0.4, 0.5) is 0 Å². The fourth-order valence-electron chi connectivity index (χ4n) is 3.45. The quantitative estimate of drug-likeness (QED) is 0.0789. The first kappa shape index (κ1) is 39.6. The Morgan fingerprint density at radius 2 is 1.16 bits per heavy atom. The summed E-state index contributed by atoms with van der Waals surface area (Å²) in [5, 5.41) is 29.9. The summed E-state index contributed by atoms with van der Waals surface area (Å²) in [6, 6.07) is 0. The number of allylic oxidation sites excluding steroid dienone is 4. The number of thiol groups is 2. The molecule has 0 spiro atoms. The van der Waals surface area contributed by atoms with Gasteiger partial charge in [-0.25, -0.2) is 29.9 Å². The molecule has 0 saturated heterocycles. The van der Waals surface area contributed by atoms with Gasteiger partial charge in [0.1, 0.15) is 0 Å². The van der Waals surface area contributed by atoms with Crippen LogP contribution in [0.25, 0.3) is 0 Å². The third-order valence-electron chi connectivity index (χ3n) is 5.61. The second-order valence-corrected chi connectivity index (χ2v) is 9.79. The van der Waals surface area contributed by atoms with Gasteiger partial charge < -0.3 is 41.6 Å². The minimum Gasteiger partial charge on any atom is -0.396 e. The van der Waals surface area contributed by atoms with E-state index in [4.69, 9.17) is 10.6 Å². The maximum atomic E-state index is 8.55. The van der Waals surface area contributed by atoms with E-state index in [2.05, 4.69) is 80.3 Å². The lowest BCUT2D eigenvalue weighted by Gasteiger charge is -2.01. The smallest absolute Gasteiger partial charge is 0.210 e. The molecule has 3 rings (SSSR count). The van der Waals surface area contributed by atoms with Gasteiger partial charge in [0.2, 0.25) is 2.86 Å². The fourth-order valence-corrected chi connectivity index (χ4v) is 3.45. The molecule has 13 heteroatoms. The number of aliphatic hydroxyl groups is 3. The molecule has 0 bridgehead atoms. The van der Waals surface area contributed by atoms with Crippen molar-refractivity contribution in [3.05, 3.63) is 40.5 Å². The highest BCUT2D eigenvalue weighted by atomic mass is 32.1. The number of rotatable bonds is 14. The summed E-state index contributed by atoms with van der Waals surface area (Å²) in [5.41, 5.74) is 7.38. The molecule has 254 valence electrons. The van der Waals surface area contributed by atoms with Crippen LogP contribution in [0, 0.1) is 6.92 Å². The number of H-pyrrole nitrogens is 1. The lowest BCUT2D eigenvalue weighted by molar-refractivity contribution is 0.284. The number of aryl methyl sites for hydroxylation is 2. The lowest BCUT2D eigenvalue weighted by Crippen LogP contribution is -2.14. The van der Waals surface area contributed by atoms with Gasteiger partial charge in [-0.1, -0.05) is 41.3 Å². The number of nitrogens with zero attached hydrogens (tertiary/aromatic N) is 1. The van der Waals surface area contributed by atoms with Crippen LogP contribution in [-0.2, 0) is 6.42 Å². The highest BCUT2D eigenvalue weighted by Crippen LogP contribution is 2.11. The van der Waals surface area contributed by atoms with Crippen LogP contribution >= 0.6 is 25.0 Å². The summed E-state index contributed by atoms with van der Waals surface area (Å²) in [6.45, 7) is 20.2. The Kier molecular flexibility index (Phi) is 37.4. The highest BCUT2D eigenvalue weighted by Gasteiger charge is 2.08. The van der Waals surface area contributed by atoms with Crippen molar-refractivity contribution in [2.45, 2.75) is 120 Å². The average Bonchev–Trinajstić information content (AvgIpc) is 3.77. The Bertz CT molecular complexity index is 851. The third kappa shape index (κ3) is 31.8. The predicted molar refractivity (Wildman–Crippen MR) is 200 cm³/mol. The Morgan fingerprint density at radius 3 is 1.47 bits per heavy atom. The minimum atomic E-state index is -0.222. The molecule has 0 amide bonds. The number of aromatic amines is 1. The monoisotopic (exact) mass is 653 g/mol. The molecule has 0 aliphatic carbocycles. The van der Waals surface area contributed by atoms with Crippen molar-refractivity contribution >= 4 is 38.0 Å². The van der Waals surface area contributed by atoms with Crippen molar-refractivity contribution in [1.29, 1.82) is 5.53 Å². The molecule has 0 aromatic carbocycles. The van der Waals surface area contributed by atoms with Crippen molar-refractivity contribution < 1.29 is 15.3 Å². The first-order chi connectivity index (χ1) is 22.5. The molecule has 43 heavy (non-hydrogen) atoms. The largest absolute Gasteiger partial charge is 0.396 e. The summed E-state index contributed by atoms with van der Waals surface area (Å²) in [7, 11) is 0. The molecule has 2 aliphatic rings. The number of nitrogens with one attached hydrogen (secondary N) is 5. The Balaban J connectivity index is -0.000000253. The molecule has 0 radical (unpaired) electrons. The van der Waals surface area contributed by atoms with Gasteiger partial charge in [-0.2, -0.15) is 0 Å². The molecule has 9 nitrogen and oxygen atoms in total. The predicted octanol–water partition coefficient (Wildman–Crippen LogP) is 4.78. The Morgan fingerprint density at radius 1 is 0.767 bits per heavy atom. The van der Waals surface area contributed by atoms with Gasteiger partial charge >= 0.3 is 0 Å². The topological polar surface area (TPSA) is 137 Å². The summed E-state index contributed by atoms with van der Waals surface area (Å²) in [5.74, 6) is 0. The highest BCUT2D eigenvalue weighted by molar-refractivity contribution is 8.06. The van der Waals surface area contributed by atoms with Gasteiger partial charge in [0.15, 0.2) is 13.0 Å². The van der Waals surface area contributed by atoms with Gasteiger partial charge in [0.05, 0.1) is 25.4 Å². The number of hydrogen-bond donors (Lipinski definition) is 10. The lowest BCUT2D eigenvalue weighted by atomic mass is 10.2. The average molecular weight is 653 g/mol. The first-order valence-electron chi connectivity index (χ1n) is 17.8. The first-order valence-corrected chi connectivity index (χ1v) is 16.8. The number of unbranched alkanes of at least 4 members (excludes halogenated alkanes) is 3. The van der Waals surface area contributed by atoms with E-state index in [1.807, 2.05) is 34.6 Å². The fraction of sp³-hybridized carbons (Fsp3) is 0.767. The number of hydrogen-bond acceptors (Lipinski definition) is 10. The number of imidazole rings is 1. The van der Waals surface area contributed by atoms with Crippen LogP contribution in [-0.4, -0.2) is 77.0 Å². The van der Waals surface area contributed by atoms with E-state index in [0.29, 0.717) is 19.8 Å². The molecule has 1 aromatic rings. The zero-order chi connectivity index (χ0) is 36.9. The van der Waals surface area contributed by atoms with E-state index < -0.39 is 0 Å². The zero-order valence-electron chi connectivity index (χ0n) is 32.7.